The van der Waals surface area contributed by atoms with E-state index in [2.05, 4.69) is 15.0 Å². The van der Waals surface area contributed by atoms with Crippen molar-refractivity contribution in [3.05, 3.63) is 16.7 Å². The van der Waals surface area contributed by atoms with Crippen LogP contribution in [0.15, 0.2) is 11.1 Å². The third-order valence-corrected chi connectivity index (χ3v) is 4.93. The van der Waals surface area contributed by atoms with Crippen LogP contribution in [0.3, 0.4) is 0 Å². The van der Waals surface area contributed by atoms with Gasteiger partial charge in [0, 0.05) is 0 Å². The molecule has 3 heterocycles. The van der Waals surface area contributed by atoms with Crippen molar-refractivity contribution >= 4 is 17.1 Å². The van der Waals surface area contributed by atoms with E-state index in [0.29, 0.717) is 19.3 Å². The van der Waals surface area contributed by atoms with Crippen molar-refractivity contribution in [1.29, 1.82) is 0 Å². The second kappa shape index (κ2) is 4.51. The number of rotatable bonds is 2. The van der Waals surface area contributed by atoms with E-state index in [1.807, 2.05) is 0 Å². The van der Waals surface area contributed by atoms with Gasteiger partial charge in [0.15, 0.2) is 16.9 Å². The van der Waals surface area contributed by atoms with Gasteiger partial charge in [-0.1, -0.05) is 0 Å². The fourth-order valence-electron chi connectivity index (χ4n) is 3.89. The van der Waals surface area contributed by atoms with Crippen LogP contribution < -0.4 is 11.3 Å². The highest BCUT2D eigenvalue weighted by molar-refractivity contribution is 5.71. The first kappa shape index (κ1) is 14.6. The largest absolute Gasteiger partial charge is 0.394 e. The zero-order chi connectivity index (χ0) is 16.4. The Hall–Kier alpha value is -2.01. The number of nitrogen functional groups attached to an aromatic ring is 1. The Balaban J connectivity index is 1.98. The summed E-state index contributed by atoms with van der Waals surface area (Å²) in [6, 6.07) is 0. The van der Waals surface area contributed by atoms with Crippen LogP contribution in [0, 0.1) is 0 Å². The summed E-state index contributed by atoms with van der Waals surface area (Å²) in [5.74, 6) is -0.0839. The van der Waals surface area contributed by atoms with Crippen molar-refractivity contribution in [3.8, 4) is 0 Å². The van der Waals surface area contributed by atoms with Crippen molar-refractivity contribution in [2.24, 2.45) is 0 Å². The summed E-state index contributed by atoms with van der Waals surface area (Å²) in [6.07, 6.45) is 0.433. The summed E-state index contributed by atoms with van der Waals surface area (Å²) < 4.78 is 7.29. The van der Waals surface area contributed by atoms with Crippen LogP contribution in [0.25, 0.3) is 11.2 Å². The Kier molecular flexibility index (Phi) is 2.86. The number of aliphatic hydroxyl groups is 3. The highest BCUT2D eigenvalue weighted by Gasteiger charge is 2.68. The Morgan fingerprint density at radius 2 is 2.30 bits per heavy atom. The van der Waals surface area contributed by atoms with Gasteiger partial charge in [0.2, 0.25) is 5.95 Å². The number of nitrogens with two attached hydrogens (primary N) is 1. The van der Waals surface area contributed by atoms with E-state index in [4.69, 9.17) is 10.5 Å². The molecule has 1 saturated heterocycles. The van der Waals surface area contributed by atoms with Crippen LogP contribution in [0.4, 0.5) is 5.95 Å². The first-order valence-electron chi connectivity index (χ1n) is 7.35. The molecule has 124 valence electrons. The molecule has 2 fully saturated rings. The number of ether oxygens (including phenoxy) is 1. The molecular weight excluding hydrogens is 306 g/mol. The molecule has 1 aliphatic heterocycles. The maximum Gasteiger partial charge on any atom is 0.280 e. The van der Waals surface area contributed by atoms with Crippen LogP contribution in [-0.2, 0) is 10.5 Å². The fraction of sp³-hybridized carbons (Fsp3) is 0.615. The SMILES string of the molecule is Nc1nc2c(ncn2[C@@]23CCC[C@@]2(O)[C@H](O)[C@@H](CO)O3)c(=O)[nH]1. The summed E-state index contributed by atoms with van der Waals surface area (Å²) >= 11 is 0. The van der Waals surface area contributed by atoms with Gasteiger partial charge >= 0.3 is 0 Å². The van der Waals surface area contributed by atoms with Crippen molar-refractivity contribution in [1.82, 2.24) is 19.5 Å². The third-order valence-electron chi connectivity index (χ3n) is 4.93. The molecule has 1 saturated carbocycles. The lowest BCUT2D eigenvalue weighted by atomic mass is 9.88. The van der Waals surface area contributed by atoms with Gasteiger partial charge in [-0.2, -0.15) is 4.98 Å². The highest BCUT2D eigenvalue weighted by atomic mass is 16.6. The molecule has 4 rings (SSSR count). The van der Waals surface area contributed by atoms with Gasteiger partial charge in [-0.3, -0.25) is 14.3 Å². The smallest absolute Gasteiger partial charge is 0.280 e. The van der Waals surface area contributed by atoms with Gasteiger partial charge in [0.05, 0.1) is 12.9 Å². The summed E-state index contributed by atoms with van der Waals surface area (Å²) in [5, 5.41) is 30.8. The minimum Gasteiger partial charge on any atom is -0.394 e. The summed E-state index contributed by atoms with van der Waals surface area (Å²) in [4.78, 5) is 22.4. The van der Waals surface area contributed by atoms with Gasteiger partial charge < -0.3 is 25.8 Å². The minimum atomic E-state index is -1.60. The number of nitrogens with zero attached hydrogens (tertiary/aromatic N) is 3. The van der Waals surface area contributed by atoms with E-state index in [0.717, 1.165) is 0 Å². The van der Waals surface area contributed by atoms with Gasteiger partial charge in [0.25, 0.3) is 5.56 Å². The zero-order valence-corrected chi connectivity index (χ0v) is 12.1. The molecule has 0 unspecified atom stereocenters. The Morgan fingerprint density at radius 1 is 1.52 bits per heavy atom. The number of hydrogen-bond donors (Lipinski definition) is 5. The van der Waals surface area contributed by atoms with Gasteiger partial charge in [-0.15, -0.1) is 0 Å². The molecule has 0 radical (unpaired) electrons. The second-order valence-corrected chi connectivity index (χ2v) is 6.08. The van der Waals surface area contributed by atoms with Crippen molar-refractivity contribution in [3.63, 3.8) is 0 Å². The molecule has 4 atom stereocenters. The molecule has 0 spiro atoms. The summed E-state index contributed by atoms with van der Waals surface area (Å²) in [7, 11) is 0. The lowest BCUT2D eigenvalue weighted by Gasteiger charge is -2.37. The topological polar surface area (TPSA) is 160 Å². The normalized spacial score (nSPS) is 36.7. The van der Waals surface area contributed by atoms with E-state index < -0.39 is 35.7 Å². The Labute approximate surface area is 129 Å². The molecule has 2 aromatic heterocycles. The standard InChI is InChI=1S/C13H17N5O5/c14-11-16-9-7(10(21)17-11)15-5-18(9)13-3-1-2-12(13,22)8(20)6(4-19)23-13/h5-6,8,19-20,22H,1-4H2,(H3,14,16,17,21)/t6-,8-,12-,13-/m1/s1. The molecule has 1 aliphatic carbocycles. The zero-order valence-electron chi connectivity index (χ0n) is 12.1. The average molecular weight is 323 g/mol. The van der Waals surface area contributed by atoms with Crippen molar-refractivity contribution < 1.29 is 20.1 Å². The molecular formula is C13H17N5O5. The maximum atomic E-state index is 11.9. The molecule has 2 aliphatic rings. The quantitative estimate of drug-likeness (QED) is 0.425. The molecule has 2 aromatic rings. The molecule has 0 amide bonds. The molecule has 10 heteroatoms. The first-order chi connectivity index (χ1) is 10.9. The van der Waals surface area contributed by atoms with Crippen molar-refractivity contribution in [2.45, 2.75) is 42.8 Å². The maximum absolute atomic E-state index is 11.9. The van der Waals surface area contributed by atoms with Gasteiger partial charge in [-0.05, 0) is 19.3 Å². The number of H-pyrrole nitrogens is 1. The van der Waals surface area contributed by atoms with Gasteiger partial charge in [0.1, 0.15) is 17.8 Å². The summed E-state index contributed by atoms with van der Waals surface area (Å²) in [6.45, 7) is -0.437. The van der Waals surface area contributed by atoms with Crippen LogP contribution >= 0.6 is 0 Å². The van der Waals surface area contributed by atoms with E-state index in [1.54, 1.807) is 0 Å². The van der Waals surface area contributed by atoms with E-state index in [9.17, 15) is 20.1 Å². The lowest BCUT2D eigenvalue weighted by Crippen LogP contribution is -2.53. The number of hydrogen-bond acceptors (Lipinski definition) is 8. The molecule has 23 heavy (non-hydrogen) atoms. The van der Waals surface area contributed by atoms with Crippen LogP contribution in [0.2, 0.25) is 0 Å². The Bertz CT molecular complexity index is 834. The fourth-order valence-corrected chi connectivity index (χ4v) is 3.89. The van der Waals surface area contributed by atoms with E-state index in [-0.39, 0.29) is 17.1 Å². The number of aromatic nitrogens is 4. The number of aromatic amines is 1. The number of anilines is 1. The number of aliphatic hydroxyl groups excluding tert-OH is 2. The molecule has 0 bridgehead atoms. The van der Waals surface area contributed by atoms with Crippen LogP contribution in [0.5, 0.6) is 0 Å². The number of imidazole rings is 1. The monoisotopic (exact) mass is 323 g/mol. The number of fused-ring (bicyclic) bond motifs is 2. The average Bonchev–Trinajstić information content (AvgIpc) is 3.11. The summed E-state index contributed by atoms with van der Waals surface area (Å²) in [5.41, 5.74) is 2.38. The van der Waals surface area contributed by atoms with E-state index in [1.165, 1.54) is 10.9 Å². The molecule has 6 N–H and O–H groups in total. The van der Waals surface area contributed by atoms with Crippen molar-refractivity contribution in [2.75, 3.05) is 12.3 Å². The molecule has 0 aromatic carbocycles. The molecule has 10 nitrogen and oxygen atoms in total. The predicted octanol–water partition coefficient (Wildman–Crippen LogP) is -1.98. The Morgan fingerprint density at radius 3 is 3.04 bits per heavy atom. The van der Waals surface area contributed by atoms with Gasteiger partial charge in [-0.25, -0.2) is 4.98 Å². The third kappa shape index (κ3) is 1.63. The number of nitrogens with one attached hydrogen (secondary N) is 1. The van der Waals surface area contributed by atoms with Crippen LogP contribution in [-0.4, -0.2) is 59.3 Å². The predicted molar refractivity (Wildman–Crippen MR) is 77.3 cm³/mol. The lowest BCUT2D eigenvalue weighted by molar-refractivity contribution is -0.175. The second-order valence-electron chi connectivity index (χ2n) is 6.08. The van der Waals surface area contributed by atoms with Crippen LogP contribution in [0.1, 0.15) is 19.3 Å². The first-order valence-corrected chi connectivity index (χ1v) is 7.35. The van der Waals surface area contributed by atoms with E-state index >= 15 is 0 Å². The minimum absolute atomic E-state index is 0.0633. The highest BCUT2D eigenvalue weighted by Crippen LogP contribution is 2.54.